The summed E-state index contributed by atoms with van der Waals surface area (Å²) in [6.45, 7) is 4.14. The van der Waals surface area contributed by atoms with Crippen molar-refractivity contribution in [2.75, 3.05) is 5.73 Å². The summed E-state index contributed by atoms with van der Waals surface area (Å²) in [7, 11) is 0. The van der Waals surface area contributed by atoms with Crippen LogP contribution >= 0.6 is 0 Å². The van der Waals surface area contributed by atoms with Crippen molar-refractivity contribution in [1.29, 1.82) is 0 Å². The Hall–Kier alpha value is -1.90. The molecule has 1 heterocycles. The van der Waals surface area contributed by atoms with Gasteiger partial charge in [-0.15, -0.1) is 0 Å². The maximum Gasteiger partial charge on any atom is 0.132 e. The van der Waals surface area contributed by atoms with Gasteiger partial charge in [0.15, 0.2) is 0 Å². The molecule has 17 heavy (non-hydrogen) atoms. The van der Waals surface area contributed by atoms with Crippen molar-refractivity contribution in [3.63, 3.8) is 0 Å². The number of nitrogen functional groups attached to an aromatic ring is 1. The van der Waals surface area contributed by atoms with E-state index in [0.717, 1.165) is 5.56 Å². The van der Waals surface area contributed by atoms with Gasteiger partial charge in [-0.2, -0.15) is 0 Å². The number of aromatic nitrogens is 1. The van der Waals surface area contributed by atoms with Crippen molar-refractivity contribution in [3.05, 3.63) is 47.9 Å². The van der Waals surface area contributed by atoms with E-state index in [1.165, 1.54) is 6.07 Å². The first-order chi connectivity index (χ1) is 8.09. The standard InChI is InChI=1S/C14H15FN2/c1-9(2)10-7-13(16)14(17-8-10)11-5-3-4-6-12(11)15/h3-9H,16H2,1-2H3. The van der Waals surface area contributed by atoms with Crippen LogP contribution in [0.2, 0.25) is 0 Å². The zero-order valence-electron chi connectivity index (χ0n) is 9.94. The third-order valence-electron chi connectivity index (χ3n) is 2.73. The second-order valence-corrected chi connectivity index (χ2v) is 4.34. The van der Waals surface area contributed by atoms with E-state index < -0.39 is 0 Å². The van der Waals surface area contributed by atoms with Crippen molar-refractivity contribution < 1.29 is 4.39 Å². The van der Waals surface area contributed by atoms with Gasteiger partial charge in [0.05, 0.1) is 11.4 Å². The van der Waals surface area contributed by atoms with E-state index in [4.69, 9.17) is 5.73 Å². The Balaban J connectivity index is 2.51. The van der Waals surface area contributed by atoms with Crippen LogP contribution in [-0.2, 0) is 0 Å². The van der Waals surface area contributed by atoms with Gasteiger partial charge in [-0.25, -0.2) is 4.39 Å². The number of rotatable bonds is 2. The average molecular weight is 230 g/mol. The molecule has 2 rings (SSSR count). The van der Waals surface area contributed by atoms with Crippen LogP contribution in [0.1, 0.15) is 25.3 Å². The first kappa shape index (κ1) is 11.6. The van der Waals surface area contributed by atoms with Crippen LogP contribution in [0.4, 0.5) is 10.1 Å². The van der Waals surface area contributed by atoms with E-state index in [2.05, 4.69) is 18.8 Å². The second kappa shape index (κ2) is 4.53. The van der Waals surface area contributed by atoms with Gasteiger partial charge in [0, 0.05) is 11.8 Å². The number of pyridine rings is 1. The minimum absolute atomic E-state index is 0.302. The Morgan fingerprint density at radius 1 is 1.24 bits per heavy atom. The molecule has 88 valence electrons. The largest absolute Gasteiger partial charge is 0.397 e. The predicted octanol–water partition coefficient (Wildman–Crippen LogP) is 3.59. The Bertz CT molecular complexity index is 535. The van der Waals surface area contributed by atoms with E-state index in [-0.39, 0.29) is 5.82 Å². The third kappa shape index (κ3) is 2.28. The summed E-state index contributed by atoms with van der Waals surface area (Å²) in [6, 6.07) is 8.38. The number of benzene rings is 1. The molecule has 3 heteroatoms. The molecule has 0 aliphatic rings. The lowest BCUT2D eigenvalue weighted by atomic mass is 10.0. The summed E-state index contributed by atoms with van der Waals surface area (Å²) in [5, 5.41) is 0. The molecule has 1 aromatic heterocycles. The summed E-state index contributed by atoms with van der Waals surface area (Å²) < 4.78 is 13.6. The molecule has 1 aromatic carbocycles. The van der Waals surface area contributed by atoms with Gasteiger partial charge in [0.2, 0.25) is 0 Å². The molecule has 0 saturated carbocycles. The molecular weight excluding hydrogens is 215 g/mol. The van der Waals surface area contributed by atoms with Crippen molar-refractivity contribution in [2.45, 2.75) is 19.8 Å². The van der Waals surface area contributed by atoms with Crippen LogP contribution < -0.4 is 5.73 Å². The fourth-order valence-corrected chi connectivity index (χ4v) is 1.69. The Morgan fingerprint density at radius 3 is 2.53 bits per heavy atom. The summed E-state index contributed by atoms with van der Waals surface area (Å²) in [4.78, 5) is 4.27. The zero-order valence-corrected chi connectivity index (χ0v) is 9.94. The summed E-state index contributed by atoms with van der Waals surface area (Å²) in [6.07, 6.45) is 1.75. The van der Waals surface area contributed by atoms with Gasteiger partial charge in [-0.1, -0.05) is 26.0 Å². The fraction of sp³-hybridized carbons (Fsp3) is 0.214. The van der Waals surface area contributed by atoms with Crippen molar-refractivity contribution in [2.24, 2.45) is 0 Å². The molecule has 0 amide bonds. The van der Waals surface area contributed by atoms with Crippen molar-refractivity contribution in [1.82, 2.24) is 4.98 Å². The zero-order chi connectivity index (χ0) is 12.4. The van der Waals surface area contributed by atoms with Gasteiger partial charge in [-0.3, -0.25) is 4.98 Å². The van der Waals surface area contributed by atoms with E-state index in [0.29, 0.717) is 22.9 Å². The SMILES string of the molecule is CC(C)c1cnc(-c2ccccc2F)c(N)c1. The fourth-order valence-electron chi connectivity index (χ4n) is 1.69. The van der Waals surface area contributed by atoms with Crippen LogP contribution in [0, 0.1) is 5.82 Å². The highest BCUT2D eigenvalue weighted by molar-refractivity contribution is 5.73. The van der Waals surface area contributed by atoms with Gasteiger partial charge >= 0.3 is 0 Å². The molecule has 0 fully saturated rings. The maximum atomic E-state index is 13.6. The van der Waals surface area contributed by atoms with Crippen molar-refractivity contribution in [3.8, 4) is 11.3 Å². The van der Waals surface area contributed by atoms with Crippen LogP contribution in [0.15, 0.2) is 36.5 Å². The number of halogens is 1. The number of nitrogens with two attached hydrogens (primary N) is 1. The molecule has 2 nitrogen and oxygen atoms in total. The highest BCUT2D eigenvalue weighted by atomic mass is 19.1. The van der Waals surface area contributed by atoms with E-state index >= 15 is 0 Å². The Kier molecular flexibility index (Phi) is 3.09. The van der Waals surface area contributed by atoms with E-state index in [1.807, 2.05) is 6.07 Å². The minimum atomic E-state index is -0.302. The first-order valence-electron chi connectivity index (χ1n) is 5.60. The molecule has 2 aromatic rings. The normalized spacial score (nSPS) is 10.8. The lowest BCUT2D eigenvalue weighted by Crippen LogP contribution is -1.98. The van der Waals surface area contributed by atoms with Crippen LogP contribution in [0.5, 0.6) is 0 Å². The smallest absolute Gasteiger partial charge is 0.132 e. The highest BCUT2D eigenvalue weighted by Gasteiger charge is 2.10. The van der Waals surface area contributed by atoms with Crippen LogP contribution in [0.25, 0.3) is 11.3 Å². The molecule has 2 N–H and O–H groups in total. The molecule has 0 spiro atoms. The molecule has 0 radical (unpaired) electrons. The highest BCUT2D eigenvalue weighted by Crippen LogP contribution is 2.28. The monoisotopic (exact) mass is 230 g/mol. The number of hydrogen-bond acceptors (Lipinski definition) is 2. The molecule has 0 bridgehead atoms. The molecule has 0 aliphatic carbocycles. The molecular formula is C14H15FN2. The minimum Gasteiger partial charge on any atom is -0.397 e. The van der Waals surface area contributed by atoms with Crippen LogP contribution in [-0.4, -0.2) is 4.98 Å². The van der Waals surface area contributed by atoms with Gasteiger partial charge in [-0.05, 0) is 29.7 Å². The number of anilines is 1. The van der Waals surface area contributed by atoms with Crippen LogP contribution in [0.3, 0.4) is 0 Å². The Morgan fingerprint density at radius 2 is 1.94 bits per heavy atom. The predicted molar refractivity (Wildman–Crippen MR) is 68.1 cm³/mol. The molecule has 0 aliphatic heterocycles. The lowest BCUT2D eigenvalue weighted by Gasteiger charge is -2.10. The molecule has 0 atom stereocenters. The first-order valence-corrected chi connectivity index (χ1v) is 5.60. The van der Waals surface area contributed by atoms with E-state index in [9.17, 15) is 4.39 Å². The van der Waals surface area contributed by atoms with E-state index in [1.54, 1.807) is 24.4 Å². The number of hydrogen-bond donors (Lipinski definition) is 1. The topological polar surface area (TPSA) is 38.9 Å². The molecule has 0 unspecified atom stereocenters. The van der Waals surface area contributed by atoms with Gasteiger partial charge in [0.25, 0.3) is 0 Å². The van der Waals surface area contributed by atoms with Crippen molar-refractivity contribution >= 4 is 5.69 Å². The third-order valence-corrected chi connectivity index (χ3v) is 2.73. The quantitative estimate of drug-likeness (QED) is 0.856. The maximum absolute atomic E-state index is 13.6. The second-order valence-electron chi connectivity index (χ2n) is 4.34. The lowest BCUT2D eigenvalue weighted by molar-refractivity contribution is 0.631. The number of nitrogens with zero attached hydrogens (tertiary/aromatic N) is 1. The summed E-state index contributed by atoms with van der Waals surface area (Å²) in [5.74, 6) is 0.0588. The summed E-state index contributed by atoms with van der Waals surface area (Å²) >= 11 is 0. The van der Waals surface area contributed by atoms with Gasteiger partial charge in [0.1, 0.15) is 5.82 Å². The average Bonchev–Trinajstić information content (AvgIpc) is 2.30. The molecule has 0 saturated heterocycles. The Labute approximate surface area is 100 Å². The summed E-state index contributed by atoms with van der Waals surface area (Å²) in [5.41, 5.74) is 8.46. The van der Waals surface area contributed by atoms with Gasteiger partial charge < -0.3 is 5.73 Å².